The Bertz CT molecular complexity index is 1200. The first-order valence-corrected chi connectivity index (χ1v) is 12.0. The van der Waals surface area contributed by atoms with Crippen LogP contribution in [0.1, 0.15) is 22.5 Å². The number of sulfone groups is 1. The van der Waals surface area contributed by atoms with E-state index in [-0.39, 0.29) is 24.0 Å². The van der Waals surface area contributed by atoms with Gasteiger partial charge in [-0.15, -0.1) is 0 Å². The lowest BCUT2D eigenvalue weighted by atomic mass is 10.1. The molecule has 0 bridgehead atoms. The van der Waals surface area contributed by atoms with Gasteiger partial charge in [0, 0.05) is 22.2 Å². The third-order valence-electron chi connectivity index (χ3n) is 5.32. The van der Waals surface area contributed by atoms with Crippen molar-refractivity contribution in [1.29, 1.82) is 0 Å². The molecule has 0 unspecified atom stereocenters. The van der Waals surface area contributed by atoms with Crippen molar-refractivity contribution in [2.75, 3.05) is 18.6 Å². The number of carbonyl (C=O) groups excluding carboxylic acids is 1. The third kappa shape index (κ3) is 4.94. The molecular weight excluding hydrogens is 438 g/mol. The molecule has 0 aliphatic carbocycles. The van der Waals surface area contributed by atoms with Crippen molar-refractivity contribution in [2.24, 2.45) is 0 Å². The summed E-state index contributed by atoms with van der Waals surface area (Å²) in [6, 6.07) is 17.3. The molecule has 4 rings (SSSR count). The summed E-state index contributed by atoms with van der Waals surface area (Å²) in [6.45, 7) is 0.163. The Morgan fingerprint density at radius 3 is 2.68 bits per heavy atom. The van der Waals surface area contributed by atoms with Crippen LogP contribution in [0.3, 0.4) is 0 Å². The highest BCUT2D eigenvalue weighted by Gasteiger charge is 2.35. The van der Waals surface area contributed by atoms with Gasteiger partial charge in [-0.05, 0) is 48.9 Å². The molecule has 2 aromatic carbocycles. The number of ether oxygens (including phenoxy) is 1. The Kier molecular flexibility index (Phi) is 6.07. The van der Waals surface area contributed by atoms with E-state index in [4.69, 9.17) is 20.8 Å². The van der Waals surface area contributed by atoms with Gasteiger partial charge in [-0.2, -0.15) is 0 Å². The van der Waals surface area contributed by atoms with Gasteiger partial charge >= 0.3 is 0 Å². The number of hydrogen-bond donors (Lipinski definition) is 0. The molecule has 1 saturated heterocycles. The molecule has 0 radical (unpaired) electrons. The zero-order chi connectivity index (χ0) is 22.0. The van der Waals surface area contributed by atoms with Crippen molar-refractivity contribution in [3.63, 3.8) is 0 Å². The van der Waals surface area contributed by atoms with Crippen molar-refractivity contribution >= 4 is 27.3 Å². The van der Waals surface area contributed by atoms with E-state index >= 15 is 0 Å². The van der Waals surface area contributed by atoms with Gasteiger partial charge in [0.25, 0.3) is 5.91 Å². The van der Waals surface area contributed by atoms with Gasteiger partial charge < -0.3 is 14.1 Å². The number of benzene rings is 2. The first kappa shape index (κ1) is 21.5. The van der Waals surface area contributed by atoms with Gasteiger partial charge in [-0.25, -0.2) is 8.42 Å². The molecule has 162 valence electrons. The molecule has 1 aliphatic rings. The second-order valence-corrected chi connectivity index (χ2v) is 10.2. The van der Waals surface area contributed by atoms with Crippen molar-refractivity contribution in [2.45, 2.75) is 19.0 Å². The minimum absolute atomic E-state index is 0.0510. The van der Waals surface area contributed by atoms with Crippen molar-refractivity contribution in [3.8, 4) is 17.1 Å². The number of rotatable bonds is 6. The predicted octanol–water partition coefficient (Wildman–Crippen LogP) is 4.44. The highest BCUT2D eigenvalue weighted by atomic mass is 35.5. The lowest BCUT2D eigenvalue weighted by Gasteiger charge is -2.27. The molecule has 0 spiro atoms. The van der Waals surface area contributed by atoms with E-state index in [1.807, 2.05) is 18.2 Å². The van der Waals surface area contributed by atoms with E-state index < -0.39 is 15.9 Å². The molecule has 2 heterocycles. The summed E-state index contributed by atoms with van der Waals surface area (Å²) in [4.78, 5) is 14.9. The van der Waals surface area contributed by atoms with Crippen LogP contribution in [-0.4, -0.2) is 43.9 Å². The Hall–Kier alpha value is -2.77. The number of nitrogens with zero attached hydrogens (tertiary/aromatic N) is 1. The fourth-order valence-electron chi connectivity index (χ4n) is 3.74. The molecule has 1 aromatic heterocycles. The standard InChI is InChI=1S/C23H22ClNO5S/c1-29-20-7-3-5-17(13-20)23(26)25(19-10-11-31(27,28)15-19)14-21-8-9-22(30-21)16-4-2-6-18(24)12-16/h2-9,12-13,19H,10-11,14-15H2,1H3/t19-/m0/s1. The normalized spacial score (nSPS) is 17.4. The first-order valence-electron chi connectivity index (χ1n) is 9.85. The van der Waals surface area contributed by atoms with Crippen LogP contribution in [0, 0.1) is 0 Å². The quantitative estimate of drug-likeness (QED) is 0.544. The Labute approximate surface area is 186 Å². The number of halogens is 1. The molecule has 0 saturated carbocycles. The highest BCUT2D eigenvalue weighted by molar-refractivity contribution is 7.91. The molecule has 8 heteroatoms. The maximum atomic E-state index is 13.4. The van der Waals surface area contributed by atoms with E-state index in [0.717, 1.165) is 5.56 Å². The fraction of sp³-hybridized carbons (Fsp3) is 0.261. The smallest absolute Gasteiger partial charge is 0.254 e. The van der Waals surface area contributed by atoms with Gasteiger partial charge in [0.05, 0.1) is 25.2 Å². The molecule has 1 fully saturated rings. The Morgan fingerprint density at radius 2 is 1.97 bits per heavy atom. The van der Waals surface area contributed by atoms with Crippen molar-refractivity contribution in [1.82, 2.24) is 4.90 Å². The van der Waals surface area contributed by atoms with Crippen LogP contribution in [-0.2, 0) is 16.4 Å². The predicted molar refractivity (Wildman–Crippen MR) is 119 cm³/mol. The number of carbonyl (C=O) groups is 1. The summed E-state index contributed by atoms with van der Waals surface area (Å²) in [6.07, 6.45) is 0.403. The second-order valence-electron chi connectivity index (χ2n) is 7.50. The van der Waals surface area contributed by atoms with Crippen LogP contribution in [0.25, 0.3) is 11.3 Å². The largest absolute Gasteiger partial charge is 0.497 e. The van der Waals surface area contributed by atoms with E-state index in [9.17, 15) is 13.2 Å². The van der Waals surface area contributed by atoms with Crippen LogP contribution >= 0.6 is 11.6 Å². The zero-order valence-corrected chi connectivity index (χ0v) is 18.5. The molecule has 1 aliphatic heterocycles. The molecular formula is C23H22ClNO5S. The van der Waals surface area contributed by atoms with E-state index in [1.54, 1.807) is 47.4 Å². The lowest BCUT2D eigenvalue weighted by Crippen LogP contribution is -2.40. The number of methoxy groups -OCH3 is 1. The average Bonchev–Trinajstić information content (AvgIpc) is 3.37. The minimum Gasteiger partial charge on any atom is -0.497 e. The van der Waals surface area contributed by atoms with Gasteiger partial charge in [0.15, 0.2) is 9.84 Å². The molecule has 1 amide bonds. The van der Waals surface area contributed by atoms with Crippen LogP contribution in [0.4, 0.5) is 0 Å². The molecule has 3 aromatic rings. The summed E-state index contributed by atoms with van der Waals surface area (Å²) in [5.74, 6) is 1.52. The van der Waals surface area contributed by atoms with Crippen LogP contribution < -0.4 is 4.74 Å². The topological polar surface area (TPSA) is 76.8 Å². The van der Waals surface area contributed by atoms with Gasteiger partial charge in [-0.3, -0.25) is 4.79 Å². The van der Waals surface area contributed by atoms with E-state index in [0.29, 0.717) is 34.3 Å². The molecule has 6 nitrogen and oxygen atoms in total. The highest BCUT2D eigenvalue weighted by Crippen LogP contribution is 2.28. The summed E-state index contributed by atoms with van der Waals surface area (Å²) in [7, 11) is -1.63. The molecule has 1 atom stereocenters. The van der Waals surface area contributed by atoms with Crippen molar-refractivity contribution in [3.05, 3.63) is 77.0 Å². The monoisotopic (exact) mass is 459 g/mol. The van der Waals surface area contributed by atoms with Gasteiger partial charge in [0.1, 0.15) is 17.3 Å². The second kappa shape index (κ2) is 8.77. The third-order valence-corrected chi connectivity index (χ3v) is 7.31. The zero-order valence-electron chi connectivity index (χ0n) is 17.0. The summed E-state index contributed by atoms with van der Waals surface area (Å²) in [5, 5.41) is 0.599. The van der Waals surface area contributed by atoms with E-state index in [1.165, 1.54) is 7.11 Å². The van der Waals surface area contributed by atoms with Gasteiger partial charge in [0.2, 0.25) is 0 Å². The first-order chi connectivity index (χ1) is 14.8. The lowest BCUT2D eigenvalue weighted by molar-refractivity contribution is 0.0666. The van der Waals surface area contributed by atoms with Crippen LogP contribution in [0.15, 0.2) is 65.1 Å². The average molecular weight is 460 g/mol. The Balaban J connectivity index is 1.63. The van der Waals surface area contributed by atoms with Crippen molar-refractivity contribution < 1.29 is 22.4 Å². The SMILES string of the molecule is COc1cccc(C(=O)N(Cc2ccc(-c3cccc(Cl)c3)o2)[C@H]2CCS(=O)(=O)C2)c1. The van der Waals surface area contributed by atoms with Crippen LogP contribution in [0.2, 0.25) is 5.02 Å². The summed E-state index contributed by atoms with van der Waals surface area (Å²) < 4.78 is 35.4. The fourth-order valence-corrected chi connectivity index (χ4v) is 5.66. The maximum Gasteiger partial charge on any atom is 0.254 e. The summed E-state index contributed by atoms with van der Waals surface area (Å²) in [5.41, 5.74) is 1.26. The summed E-state index contributed by atoms with van der Waals surface area (Å²) >= 11 is 6.07. The number of amides is 1. The molecule has 0 N–H and O–H groups in total. The number of hydrogen-bond acceptors (Lipinski definition) is 5. The Morgan fingerprint density at radius 1 is 1.16 bits per heavy atom. The maximum absolute atomic E-state index is 13.4. The van der Waals surface area contributed by atoms with E-state index in [2.05, 4.69) is 0 Å². The van der Waals surface area contributed by atoms with Crippen LogP contribution in [0.5, 0.6) is 5.75 Å². The number of furan rings is 1. The minimum atomic E-state index is -3.17. The molecule has 31 heavy (non-hydrogen) atoms. The van der Waals surface area contributed by atoms with Gasteiger partial charge in [-0.1, -0.05) is 29.8 Å².